The summed E-state index contributed by atoms with van der Waals surface area (Å²) in [5, 5.41) is 3.50. The second-order valence-electron chi connectivity index (χ2n) is 5.73. The van der Waals surface area contributed by atoms with E-state index in [2.05, 4.69) is 72.0 Å². The van der Waals surface area contributed by atoms with Gasteiger partial charge in [-0.05, 0) is 43.5 Å². The maximum absolute atomic E-state index is 3.71. The van der Waals surface area contributed by atoms with Gasteiger partial charge in [-0.2, -0.15) is 0 Å². The molecule has 2 nitrogen and oxygen atoms in total. The number of hydrogen-bond donors (Lipinski definition) is 1. The van der Waals surface area contributed by atoms with E-state index in [1.54, 1.807) is 0 Å². The number of rotatable bonds is 9. The molecular weight excluding hydrogens is 312 g/mol. The monoisotopic (exact) mass is 340 g/mol. The molecule has 0 aromatic heterocycles. The summed E-state index contributed by atoms with van der Waals surface area (Å²) in [6, 6.07) is 6.74. The molecular formula is C17H29BrN2. The van der Waals surface area contributed by atoms with Crippen LogP contribution in [0.1, 0.15) is 46.1 Å². The minimum Gasteiger partial charge on any atom is -0.372 e. The van der Waals surface area contributed by atoms with Crippen LogP contribution in [0.15, 0.2) is 22.7 Å². The molecule has 0 aliphatic carbocycles. The number of nitrogens with zero attached hydrogens (tertiary/aromatic N) is 1. The molecule has 0 saturated carbocycles. The largest absolute Gasteiger partial charge is 0.372 e. The molecule has 0 fully saturated rings. The van der Waals surface area contributed by atoms with Crippen LogP contribution in [-0.4, -0.2) is 19.6 Å². The van der Waals surface area contributed by atoms with Crippen LogP contribution in [0.3, 0.4) is 0 Å². The van der Waals surface area contributed by atoms with Gasteiger partial charge in [-0.3, -0.25) is 0 Å². The highest BCUT2D eigenvalue weighted by atomic mass is 79.9. The van der Waals surface area contributed by atoms with Crippen molar-refractivity contribution in [2.24, 2.45) is 5.92 Å². The lowest BCUT2D eigenvalue weighted by atomic mass is 10.1. The van der Waals surface area contributed by atoms with Gasteiger partial charge in [0.15, 0.2) is 0 Å². The van der Waals surface area contributed by atoms with Crippen LogP contribution in [0, 0.1) is 5.92 Å². The van der Waals surface area contributed by atoms with Gasteiger partial charge in [-0.1, -0.05) is 49.2 Å². The Bertz CT molecular complexity index is 391. The first-order chi connectivity index (χ1) is 9.58. The fourth-order valence-corrected chi connectivity index (χ4v) is 2.70. The van der Waals surface area contributed by atoms with Gasteiger partial charge in [0.2, 0.25) is 0 Å². The highest BCUT2D eigenvalue weighted by Gasteiger charge is 2.07. The summed E-state index contributed by atoms with van der Waals surface area (Å²) in [4.78, 5) is 2.44. The normalized spacial score (nSPS) is 11.1. The molecule has 0 atom stereocenters. The van der Waals surface area contributed by atoms with E-state index in [0.717, 1.165) is 26.2 Å². The van der Waals surface area contributed by atoms with Gasteiger partial charge < -0.3 is 10.2 Å². The van der Waals surface area contributed by atoms with Gasteiger partial charge in [-0.25, -0.2) is 0 Å². The Balaban J connectivity index is 2.65. The van der Waals surface area contributed by atoms with Crippen molar-refractivity contribution in [1.29, 1.82) is 0 Å². The summed E-state index contributed by atoms with van der Waals surface area (Å²) in [6.07, 6.45) is 2.50. The van der Waals surface area contributed by atoms with E-state index in [1.807, 2.05) is 0 Å². The van der Waals surface area contributed by atoms with Gasteiger partial charge in [0, 0.05) is 29.8 Å². The van der Waals surface area contributed by atoms with Crippen molar-refractivity contribution in [3.63, 3.8) is 0 Å². The molecule has 1 N–H and O–H groups in total. The molecule has 0 aliphatic rings. The quantitative estimate of drug-likeness (QED) is 0.693. The Morgan fingerprint density at radius 3 is 2.55 bits per heavy atom. The third kappa shape index (κ3) is 5.84. The zero-order valence-electron chi connectivity index (χ0n) is 13.4. The topological polar surface area (TPSA) is 15.3 Å². The van der Waals surface area contributed by atoms with Gasteiger partial charge in [0.25, 0.3) is 0 Å². The van der Waals surface area contributed by atoms with Crippen molar-refractivity contribution in [3.05, 3.63) is 28.2 Å². The molecule has 0 aliphatic heterocycles. The molecule has 20 heavy (non-hydrogen) atoms. The zero-order valence-corrected chi connectivity index (χ0v) is 15.0. The molecule has 0 radical (unpaired) electrons. The predicted octanol–water partition coefficient (Wildman–Crippen LogP) is 4.82. The van der Waals surface area contributed by atoms with Crippen LogP contribution < -0.4 is 10.2 Å². The van der Waals surface area contributed by atoms with E-state index >= 15 is 0 Å². The number of hydrogen-bond acceptors (Lipinski definition) is 2. The van der Waals surface area contributed by atoms with Crippen molar-refractivity contribution in [3.8, 4) is 0 Å². The highest BCUT2D eigenvalue weighted by Crippen LogP contribution is 2.24. The lowest BCUT2D eigenvalue weighted by Crippen LogP contribution is -2.24. The van der Waals surface area contributed by atoms with Crippen molar-refractivity contribution < 1.29 is 0 Å². The molecule has 1 aromatic rings. The molecule has 1 rings (SSSR count). The summed E-state index contributed by atoms with van der Waals surface area (Å²) in [7, 11) is 0. The fraction of sp³-hybridized carbons (Fsp3) is 0.647. The molecule has 0 heterocycles. The molecule has 0 spiro atoms. The Morgan fingerprint density at radius 2 is 2.00 bits per heavy atom. The predicted molar refractivity (Wildman–Crippen MR) is 93.5 cm³/mol. The molecule has 114 valence electrons. The van der Waals surface area contributed by atoms with Crippen LogP contribution in [0.2, 0.25) is 0 Å². The van der Waals surface area contributed by atoms with Crippen LogP contribution in [0.5, 0.6) is 0 Å². The first-order valence-corrected chi connectivity index (χ1v) is 8.61. The van der Waals surface area contributed by atoms with Crippen molar-refractivity contribution in [2.75, 3.05) is 24.5 Å². The summed E-state index contributed by atoms with van der Waals surface area (Å²) in [6.45, 7) is 13.1. The maximum Gasteiger partial charge on any atom is 0.0377 e. The molecule has 0 bridgehead atoms. The number of unbranched alkanes of at least 4 members (excludes halogenated alkanes) is 1. The average Bonchev–Trinajstić information content (AvgIpc) is 2.41. The number of halogens is 1. The molecule has 0 saturated heterocycles. The molecule has 0 amide bonds. The minimum absolute atomic E-state index is 0.692. The SMILES string of the molecule is CCCCN(CC)c1ccc(CNCC(C)C)c(Br)c1. The third-order valence-corrected chi connectivity index (χ3v) is 4.17. The van der Waals surface area contributed by atoms with Gasteiger partial charge >= 0.3 is 0 Å². The second-order valence-corrected chi connectivity index (χ2v) is 6.59. The van der Waals surface area contributed by atoms with Crippen LogP contribution in [-0.2, 0) is 6.54 Å². The Labute approximate surface area is 133 Å². The standard InChI is InChI=1S/C17H29BrN2/c1-5-7-10-20(6-2)16-9-8-15(17(18)11-16)13-19-12-14(3)4/h8-9,11,14,19H,5-7,10,12-13H2,1-4H3. The molecule has 1 aromatic carbocycles. The fourth-order valence-electron chi connectivity index (χ4n) is 2.19. The molecule has 3 heteroatoms. The first-order valence-electron chi connectivity index (χ1n) is 7.82. The van der Waals surface area contributed by atoms with E-state index in [-0.39, 0.29) is 0 Å². The molecule has 0 unspecified atom stereocenters. The van der Waals surface area contributed by atoms with Crippen LogP contribution in [0.25, 0.3) is 0 Å². The first kappa shape index (κ1) is 17.5. The lowest BCUT2D eigenvalue weighted by Gasteiger charge is -2.23. The minimum atomic E-state index is 0.692. The van der Waals surface area contributed by atoms with Crippen molar-refractivity contribution in [1.82, 2.24) is 5.32 Å². The van der Waals surface area contributed by atoms with Crippen molar-refractivity contribution in [2.45, 2.75) is 47.1 Å². The summed E-state index contributed by atoms with van der Waals surface area (Å²) in [5.74, 6) is 0.692. The third-order valence-electron chi connectivity index (χ3n) is 3.43. The van der Waals surface area contributed by atoms with E-state index < -0.39 is 0 Å². The van der Waals surface area contributed by atoms with Gasteiger partial charge in [-0.15, -0.1) is 0 Å². The maximum atomic E-state index is 3.71. The Kier molecular flexibility index (Phi) is 8.24. The van der Waals surface area contributed by atoms with E-state index in [9.17, 15) is 0 Å². The second kappa shape index (κ2) is 9.41. The van der Waals surface area contributed by atoms with Gasteiger partial charge in [0.05, 0.1) is 0 Å². The van der Waals surface area contributed by atoms with Gasteiger partial charge in [0.1, 0.15) is 0 Å². The van der Waals surface area contributed by atoms with Crippen LogP contribution in [0.4, 0.5) is 5.69 Å². The zero-order chi connectivity index (χ0) is 15.0. The number of benzene rings is 1. The average molecular weight is 341 g/mol. The number of anilines is 1. The van der Waals surface area contributed by atoms with E-state index in [4.69, 9.17) is 0 Å². The smallest absolute Gasteiger partial charge is 0.0377 e. The summed E-state index contributed by atoms with van der Waals surface area (Å²) in [5.41, 5.74) is 2.65. The highest BCUT2D eigenvalue weighted by molar-refractivity contribution is 9.10. The van der Waals surface area contributed by atoms with Crippen LogP contribution >= 0.6 is 15.9 Å². The summed E-state index contributed by atoms with van der Waals surface area (Å²) < 4.78 is 1.21. The summed E-state index contributed by atoms with van der Waals surface area (Å²) >= 11 is 3.71. The van der Waals surface area contributed by atoms with E-state index in [1.165, 1.54) is 28.6 Å². The Morgan fingerprint density at radius 1 is 1.25 bits per heavy atom. The number of nitrogens with one attached hydrogen (secondary N) is 1. The Hall–Kier alpha value is -0.540. The van der Waals surface area contributed by atoms with E-state index in [0.29, 0.717) is 5.92 Å². The van der Waals surface area contributed by atoms with Crippen molar-refractivity contribution >= 4 is 21.6 Å². The lowest BCUT2D eigenvalue weighted by molar-refractivity contribution is 0.552.